The predicted molar refractivity (Wildman–Crippen MR) is 108 cm³/mol. The Balaban J connectivity index is 2.29. The van der Waals surface area contributed by atoms with Crippen LogP contribution in [0.5, 0.6) is 5.75 Å². The molecule has 29 heavy (non-hydrogen) atoms. The van der Waals surface area contributed by atoms with Crippen LogP contribution in [0.3, 0.4) is 0 Å². The Hall–Kier alpha value is -2.94. The van der Waals surface area contributed by atoms with Crippen molar-refractivity contribution >= 4 is 11.8 Å². The Labute approximate surface area is 170 Å². The molecular formula is C20H29N5O4. The molecule has 0 fully saturated rings. The monoisotopic (exact) mass is 403 g/mol. The van der Waals surface area contributed by atoms with Gasteiger partial charge in [-0.1, -0.05) is 38.1 Å². The van der Waals surface area contributed by atoms with Crippen LogP contribution in [0, 0.1) is 5.41 Å². The summed E-state index contributed by atoms with van der Waals surface area (Å²) < 4.78 is 7.38. The molecule has 0 bridgehead atoms. The lowest BCUT2D eigenvalue weighted by atomic mass is 9.86. The average molecular weight is 403 g/mol. The second-order valence-electron chi connectivity index (χ2n) is 7.96. The molecule has 9 heteroatoms. The average Bonchev–Trinajstić information content (AvgIpc) is 3.08. The molecular weight excluding hydrogens is 374 g/mol. The highest BCUT2D eigenvalue weighted by atomic mass is 16.6. The number of carbonyl (C=O) groups is 2. The summed E-state index contributed by atoms with van der Waals surface area (Å²) in [5.74, 6) is -0.0954. The largest absolute Gasteiger partial charge is 0.490 e. The number of hydrogen-bond donors (Lipinski definition) is 2. The molecule has 1 unspecified atom stereocenters. The summed E-state index contributed by atoms with van der Waals surface area (Å²) in [6.07, 6.45) is 1.73. The highest BCUT2D eigenvalue weighted by molar-refractivity contribution is 5.86. The van der Waals surface area contributed by atoms with Gasteiger partial charge in [-0.25, -0.2) is 10.2 Å². The van der Waals surface area contributed by atoms with E-state index in [1.54, 1.807) is 6.20 Å². The van der Waals surface area contributed by atoms with Crippen molar-refractivity contribution in [2.24, 2.45) is 5.41 Å². The van der Waals surface area contributed by atoms with Crippen molar-refractivity contribution in [2.75, 3.05) is 13.7 Å². The molecule has 1 aromatic carbocycles. The van der Waals surface area contributed by atoms with Crippen LogP contribution in [-0.4, -0.2) is 46.6 Å². The van der Waals surface area contributed by atoms with Gasteiger partial charge >= 0.3 is 0 Å². The lowest BCUT2D eigenvalue weighted by Crippen LogP contribution is -2.44. The third-order valence-electron chi connectivity index (χ3n) is 4.01. The van der Waals surface area contributed by atoms with Crippen LogP contribution in [0.25, 0.3) is 11.3 Å². The van der Waals surface area contributed by atoms with E-state index >= 15 is 0 Å². The molecule has 1 atom stereocenters. The number of aromatic nitrogens is 3. The first-order valence-corrected chi connectivity index (χ1v) is 9.41. The van der Waals surface area contributed by atoms with E-state index in [-0.39, 0.29) is 18.6 Å². The summed E-state index contributed by atoms with van der Waals surface area (Å²) in [6.45, 7) is 9.46. The van der Waals surface area contributed by atoms with Gasteiger partial charge in [-0.15, -0.1) is 5.10 Å². The van der Waals surface area contributed by atoms with Crippen LogP contribution in [0.2, 0.25) is 0 Å². The number of ether oxygens (including phenoxy) is 1. The van der Waals surface area contributed by atoms with E-state index in [9.17, 15) is 9.59 Å². The molecule has 0 aliphatic rings. The normalized spacial score (nSPS) is 12.5. The van der Waals surface area contributed by atoms with E-state index in [0.29, 0.717) is 11.4 Å². The van der Waals surface area contributed by atoms with E-state index in [1.807, 2.05) is 58.9 Å². The van der Waals surface area contributed by atoms with Gasteiger partial charge in [0, 0.05) is 5.56 Å². The highest BCUT2D eigenvalue weighted by Gasteiger charge is 2.34. The molecule has 0 aliphatic heterocycles. The number of rotatable bonds is 8. The smallest absolute Gasteiger partial charge is 0.262 e. The summed E-state index contributed by atoms with van der Waals surface area (Å²) >= 11 is 0. The number of hydrogen-bond acceptors (Lipinski definition) is 6. The molecule has 2 N–H and O–H groups in total. The van der Waals surface area contributed by atoms with Gasteiger partial charge in [0.2, 0.25) is 5.91 Å². The van der Waals surface area contributed by atoms with Gasteiger partial charge in [0.25, 0.3) is 5.91 Å². The topological polar surface area (TPSA) is 107 Å². The Morgan fingerprint density at radius 3 is 2.52 bits per heavy atom. The van der Waals surface area contributed by atoms with Crippen LogP contribution < -0.4 is 15.5 Å². The van der Waals surface area contributed by atoms with Crippen molar-refractivity contribution < 1.29 is 19.2 Å². The summed E-state index contributed by atoms with van der Waals surface area (Å²) in [6, 6.07) is 6.88. The van der Waals surface area contributed by atoms with Crippen LogP contribution in [0.4, 0.5) is 0 Å². The minimum absolute atomic E-state index is 0.0116. The van der Waals surface area contributed by atoms with Gasteiger partial charge in [-0.3, -0.25) is 14.4 Å². The Morgan fingerprint density at radius 2 is 1.90 bits per heavy atom. The maximum absolute atomic E-state index is 12.8. The SMILES string of the molecule is CONC(=O)CNC(=O)C(n1cc(-c2ccccc2OC(C)C)nn1)C(C)(C)C. The van der Waals surface area contributed by atoms with Gasteiger partial charge < -0.3 is 10.1 Å². The molecule has 9 nitrogen and oxygen atoms in total. The minimum Gasteiger partial charge on any atom is -0.490 e. The number of hydroxylamine groups is 1. The molecule has 1 heterocycles. The fraction of sp³-hybridized carbons (Fsp3) is 0.500. The van der Waals surface area contributed by atoms with Crippen molar-refractivity contribution in [1.82, 2.24) is 25.8 Å². The second-order valence-corrected chi connectivity index (χ2v) is 7.96. The van der Waals surface area contributed by atoms with Crippen molar-refractivity contribution in [1.29, 1.82) is 0 Å². The Bertz CT molecular complexity index is 841. The van der Waals surface area contributed by atoms with E-state index in [4.69, 9.17) is 4.74 Å². The maximum atomic E-state index is 12.8. The summed E-state index contributed by atoms with van der Waals surface area (Å²) in [5.41, 5.74) is 3.08. The van der Waals surface area contributed by atoms with Crippen molar-refractivity contribution in [3.63, 3.8) is 0 Å². The van der Waals surface area contributed by atoms with Gasteiger partial charge in [0.15, 0.2) is 0 Å². The Kier molecular flexibility index (Phi) is 7.33. The quantitative estimate of drug-likeness (QED) is 0.654. The number of nitrogens with one attached hydrogen (secondary N) is 2. The van der Waals surface area contributed by atoms with Crippen LogP contribution >= 0.6 is 0 Å². The molecule has 158 valence electrons. The molecule has 2 amide bonds. The van der Waals surface area contributed by atoms with Crippen molar-refractivity contribution in [3.05, 3.63) is 30.5 Å². The fourth-order valence-corrected chi connectivity index (χ4v) is 2.89. The van der Waals surface area contributed by atoms with Gasteiger partial charge in [0.1, 0.15) is 17.5 Å². The fourth-order valence-electron chi connectivity index (χ4n) is 2.89. The summed E-state index contributed by atoms with van der Waals surface area (Å²) in [7, 11) is 1.33. The van der Waals surface area contributed by atoms with Crippen LogP contribution in [0.15, 0.2) is 30.5 Å². The third kappa shape index (κ3) is 6.02. The van der Waals surface area contributed by atoms with Gasteiger partial charge in [-0.2, -0.15) is 0 Å². The van der Waals surface area contributed by atoms with Crippen LogP contribution in [0.1, 0.15) is 40.7 Å². The number of amides is 2. The number of benzene rings is 1. The second kappa shape index (κ2) is 9.51. The zero-order chi connectivity index (χ0) is 21.6. The first kappa shape index (κ1) is 22.4. The molecule has 2 aromatic rings. The van der Waals surface area contributed by atoms with E-state index in [0.717, 1.165) is 5.56 Å². The lowest BCUT2D eigenvalue weighted by Gasteiger charge is -2.29. The van der Waals surface area contributed by atoms with Gasteiger partial charge in [-0.05, 0) is 31.4 Å². The number of carbonyl (C=O) groups excluding carboxylic acids is 2. The third-order valence-corrected chi connectivity index (χ3v) is 4.01. The Morgan fingerprint density at radius 1 is 1.21 bits per heavy atom. The molecule has 0 aliphatic carbocycles. The first-order chi connectivity index (χ1) is 13.6. The van der Waals surface area contributed by atoms with Crippen molar-refractivity contribution in [2.45, 2.75) is 46.8 Å². The lowest BCUT2D eigenvalue weighted by molar-refractivity contribution is -0.135. The predicted octanol–water partition coefficient (Wildman–Crippen LogP) is 2.11. The molecule has 1 aromatic heterocycles. The first-order valence-electron chi connectivity index (χ1n) is 9.41. The number of nitrogens with zero attached hydrogens (tertiary/aromatic N) is 3. The summed E-state index contributed by atoms with van der Waals surface area (Å²) in [5, 5.41) is 11.1. The van der Waals surface area contributed by atoms with Crippen molar-refractivity contribution in [3.8, 4) is 17.0 Å². The molecule has 0 spiro atoms. The standard InChI is InChI=1S/C20H29N5O4/c1-13(2)29-16-10-8-7-9-14(16)15-12-25(24-22-15)18(20(3,4)5)19(27)21-11-17(26)23-28-6/h7-10,12-13,18H,11H2,1-6H3,(H,21,27)(H,23,26). The molecule has 0 radical (unpaired) electrons. The zero-order valence-electron chi connectivity index (χ0n) is 17.7. The zero-order valence-corrected chi connectivity index (χ0v) is 17.7. The minimum atomic E-state index is -0.669. The van der Waals surface area contributed by atoms with Crippen LogP contribution in [-0.2, 0) is 14.4 Å². The van der Waals surface area contributed by atoms with E-state index < -0.39 is 17.4 Å². The van der Waals surface area contributed by atoms with E-state index in [1.165, 1.54) is 11.8 Å². The molecule has 0 saturated carbocycles. The number of para-hydroxylation sites is 1. The molecule has 2 rings (SSSR count). The van der Waals surface area contributed by atoms with Gasteiger partial charge in [0.05, 0.1) is 26.0 Å². The highest BCUT2D eigenvalue weighted by Crippen LogP contribution is 2.33. The summed E-state index contributed by atoms with van der Waals surface area (Å²) in [4.78, 5) is 28.9. The van der Waals surface area contributed by atoms with E-state index in [2.05, 4.69) is 25.9 Å². The molecule has 0 saturated heterocycles. The maximum Gasteiger partial charge on any atom is 0.262 e.